The maximum absolute atomic E-state index is 12.0. The van der Waals surface area contributed by atoms with E-state index < -0.39 is 6.61 Å². The molecule has 0 saturated heterocycles. The van der Waals surface area contributed by atoms with Crippen LogP contribution in [-0.2, 0) is 0 Å². The van der Waals surface area contributed by atoms with Gasteiger partial charge < -0.3 is 10.5 Å². The lowest BCUT2D eigenvalue weighted by Gasteiger charge is -2.11. The molecular weight excluding hydrogens is 272 g/mol. The molecule has 82 valence electrons. The largest absolute Gasteiger partial charge is 0.433 e. The number of alkyl halides is 2. The molecule has 1 aromatic rings. The van der Waals surface area contributed by atoms with Crippen LogP contribution in [0.1, 0.15) is 17.3 Å². The van der Waals surface area contributed by atoms with Crippen LogP contribution in [0.15, 0.2) is 16.6 Å². The average Bonchev–Trinajstić information content (AvgIpc) is 2.09. The van der Waals surface area contributed by atoms with E-state index >= 15 is 0 Å². The van der Waals surface area contributed by atoms with Gasteiger partial charge in [0.05, 0.1) is 11.3 Å². The number of carbonyl (C=O) groups is 1. The van der Waals surface area contributed by atoms with E-state index in [9.17, 15) is 13.6 Å². The van der Waals surface area contributed by atoms with E-state index in [-0.39, 0.29) is 22.8 Å². The summed E-state index contributed by atoms with van der Waals surface area (Å²) in [5, 5.41) is 0. The van der Waals surface area contributed by atoms with Gasteiger partial charge in [-0.25, -0.2) is 0 Å². The van der Waals surface area contributed by atoms with Gasteiger partial charge in [0.2, 0.25) is 0 Å². The summed E-state index contributed by atoms with van der Waals surface area (Å²) in [6.45, 7) is -1.67. The smallest absolute Gasteiger partial charge is 0.387 e. The number of ether oxygens (including phenoxy) is 1. The lowest BCUT2D eigenvalue weighted by atomic mass is 10.1. The number of carbonyl (C=O) groups excluding carboxylic acids is 1. The molecule has 3 nitrogen and oxygen atoms in total. The number of Topliss-reactive ketones (excluding diaryl/α,β-unsaturated/α-hetero) is 1. The van der Waals surface area contributed by atoms with Gasteiger partial charge >= 0.3 is 6.61 Å². The van der Waals surface area contributed by atoms with Crippen molar-refractivity contribution in [1.82, 2.24) is 0 Å². The van der Waals surface area contributed by atoms with Gasteiger partial charge in [0, 0.05) is 4.47 Å². The minimum atomic E-state index is -2.96. The van der Waals surface area contributed by atoms with Crippen LogP contribution in [-0.4, -0.2) is 12.4 Å². The minimum Gasteiger partial charge on any atom is -0.433 e. The molecule has 0 fully saturated rings. The molecule has 15 heavy (non-hydrogen) atoms. The van der Waals surface area contributed by atoms with Gasteiger partial charge in [0.25, 0.3) is 0 Å². The number of hydrogen-bond acceptors (Lipinski definition) is 3. The highest BCUT2D eigenvalue weighted by Crippen LogP contribution is 2.32. The first-order valence-corrected chi connectivity index (χ1v) is 4.76. The van der Waals surface area contributed by atoms with Crippen molar-refractivity contribution in [2.75, 3.05) is 5.73 Å². The van der Waals surface area contributed by atoms with Crippen molar-refractivity contribution < 1.29 is 18.3 Å². The molecule has 0 bridgehead atoms. The van der Waals surface area contributed by atoms with Gasteiger partial charge in [0.15, 0.2) is 5.78 Å². The molecule has 0 aliphatic heterocycles. The Bertz CT molecular complexity index is 396. The Kier molecular flexibility index (Phi) is 3.62. The number of rotatable bonds is 3. The van der Waals surface area contributed by atoms with Crippen molar-refractivity contribution in [2.24, 2.45) is 0 Å². The molecule has 0 radical (unpaired) electrons. The Labute approximate surface area is 93.3 Å². The lowest BCUT2D eigenvalue weighted by Crippen LogP contribution is -2.08. The van der Waals surface area contributed by atoms with Crippen LogP contribution in [0.25, 0.3) is 0 Å². The molecule has 0 unspecified atom stereocenters. The highest BCUT2D eigenvalue weighted by atomic mass is 79.9. The van der Waals surface area contributed by atoms with Crippen molar-refractivity contribution in [1.29, 1.82) is 0 Å². The Morgan fingerprint density at radius 2 is 2.13 bits per heavy atom. The van der Waals surface area contributed by atoms with E-state index in [0.29, 0.717) is 4.47 Å². The van der Waals surface area contributed by atoms with Crippen LogP contribution in [0.4, 0.5) is 14.5 Å². The Morgan fingerprint density at radius 1 is 1.53 bits per heavy atom. The topological polar surface area (TPSA) is 52.3 Å². The number of nitrogens with two attached hydrogens (primary N) is 1. The van der Waals surface area contributed by atoms with Gasteiger partial charge in [-0.1, -0.05) is 0 Å². The molecule has 0 spiro atoms. The Balaban J connectivity index is 3.22. The number of ketones is 1. The fourth-order valence-corrected chi connectivity index (χ4v) is 1.76. The number of benzene rings is 1. The van der Waals surface area contributed by atoms with Crippen LogP contribution in [0.2, 0.25) is 0 Å². The summed E-state index contributed by atoms with van der Waals surface area (Å²) >= 11 is 3.10. The summed E-state index contributed by atoms with van der Waals surface area (Å²) in [6.07, 6.45) is 0. The summed E-state index contributed by atoms with van der Waals surface area (Å²) in [7, 11) is 0. The second kappa shape index (κ2) is 4.57. The van der Waals surface area contributed by atoms with Gasteiger partial charge in [-0.15, -0.1) is 0 Å². The third-order valence-corrected chi connectivity index (χ3v) is 2.38. The summed E-state index contributed by atoms with van der Waals surface area (Å²) in [6, 6.07) is 2.71. The van der Waals surface area contributed by atoms with Crippen molar-refractivity contribution >= 4 is 27.4 Å². The van der Waals surface area contributed by atoms with Gasteiger partial charge in [-0.3, -0.25) is 4.79 Å². The van der Waals surface area contributed by atoms with Crippen molar-refractivity contribution in [3.8, 4) is 5.75 Å². The summed E-state index contributed by atoms with van der Waals surface area (Å²) in [5.74, 6) is -0.516. The van der Waals surface area contributed by atoms with Crippen molar-refractivity contribution in [3.05, 3.63) is 22.2 Å². The first kappa shape index (κ1) is 11.9. The predicted octanol–water partition coefficient (Wildman–Crippen LogP) is 2.84. The average molecular weight is 280 g/mol. The summed E-state index contributed by atoms with van der Waals surface area (Å²) in [5.41, 5.74) is 5.58. The minimum absolute atomic E-state index is 0.0859. The maximum Gasteiger partial charge on any atom is 0.387 e. The van der Waals surface area contributed by atoms with Crippen molar-refractivity contribution in [2.45, 2.75) is 13.5 Å². The molecule has 0 amide bonds. The van der Waals surface area contributed by atoms with E-state index in [0.717, 1.165) is 0 Å². The van der Waals surface area contributed by atoms with Crippen LogP contribution in [0.3, 0.4) is 0 Å². The monoisotopic (exact) mass is 279 g/mol. The SMILES string of the molecule is CC(=O)c1c(Br)ccc(OC(F)F)c1N. The molecule has 0 saturated carbocycles. The van der Waals surface area contributed by atoms with Gasteiger partial charge in [-0.05, 0) is 35.0 Å². The van der Waals surface area contributed by atoms with Crippen LogP contribution in [0.5, 0.6) is 5.75 Å². The third kappa shape index (κ3) is 2.65. The van der Waals surface area contributed by atoms with E-state index in [1.54, 1.807) is 0 Å². The standard InChI is InChI=1S/C9H8BrF2NO2/c1-4(14)7-5(10)2-3-6(8(7)13)15-9(11)12/h2-3,9H,13H2,1H3. The summed E-state index contributed by atoms with van der Waals surface area (Å²) < 4.78 is 28.5. The molecule has 6 heteroatoms. The maximum atomic E-state index is 12.0. The molecular formula is C9H8BrF2NO2. The van der Waals surface area contributed by atoms with Crippen molar-refractivity contribution in [3.63, 3.8) is 0 Å². The van der Waals surface area contributed by atoms with Gasteiger partial charge in [0.1, 0.15) is 5.75 Å². The molecule has 0 heterocycles. The Hall–Kier alpha value is -1.17. The fraction of sp³-hybridized carbons (Fsp3) is 0.222. The number of nitrogen functional groups attached to an aromatic ring is 1. The highest BCUT2D eigenvalue weighted by Gasteiger charge is 2.16. The van der Waals surface area contributed by atoms with Crippen LogP contribution in [0, 0.1) is 0 Å². The molecule has 0 atom stereocenters. The zero-order valence-electron chi connectivity index (χ0n) is 7.76. The Morgan fingerprint density at radius 3 is 2.60 bits per heavy atom. The third-order valence-electron chi connectivity index (χ3n) is 1.72. The second-order valence-corrected chi connectivity index (χ2v) is 3.62. The number of anilines is 1. The quantitative estimate of drug-likeness (QED) is 0.684. The molecule has 0 aliphatic rings. The van der Waals surface area contributed by atoms with E-state index in [1.807, 2.05) is 0 Å². The van der Waals surface area contributed by atoms with E-state index in [2.05, 4.69) is 20.7 Å². The van der Waals surface area contributed by atoms with Crippen LogP contribution >= 0.6 is 15.9 Å². The number of hydrogen-bond donors (Lipinski definition) is 1. The fourth-order valence-electron chi connectivity index (χ4n) is 1.13. The van der Waals surface area contributed by atoms with Crippen LogP contribution < -0.4 is 10.5 Å². The zero-order chi connectivity index (χ0) is 11.6. The van der Waals surface area contributed by atoms with E-state index in [4.69, 9.17) is 5.73 Å². The molecule has 2 N–H and O–H groups in total. The predicted molar refractivity (Wildman–Crippen MR) is 55.2 cm³/mol. The first-order valence-electron chi connectivity index (χ1n) is 3.97. The number of halogens is 3. The molecule has 1 aromatic carbocycles. The summed E-state index contributed by atoms with van der Waals surface area (Å²) in [4.78, 5) is 11.2. The zero-order valence-corrected chi connectivity index (χ0v) is 9.35. The van der Waals surface area contributed by atoms with E-state index in [1.165, 1.54) is 19.1 Å². The first-order chi connectivity index (χ1) is 6.93. The molecule has 1 rings (SSSR count). The molecule has 0 aromatic heterocycles. The second-order valence-electron chi connectivity index (χ2n) is 2.77. The highest BCUT2D eigenvalue weighted by molar-refractivity contribution is 9.10. The lowest BCUT2D eigenvalue weighted by molar-refractivity contribution is -0.0493. The molecule has 0 aliphatic carbocycles. The normalized spacial score (nSPS) is 10.5. The van der Waals surface area contributed by atoms with Gasteiger partial charge in [-0.2, -0.15) is 8.78 Å².